The highest BCUT2D eigenvalue weighted by Crippen LogP contribution is 2.26. The Labute approximate surface area is 102 Å². The van der Waals surface area contributed by atoms with Gasteiger partial charge >= 0.3 is 0 Å². The first-order valence-corrected chi connectivity index (χ1v) is 5.65. The van der Waals surface area contributed by atoms with Crippen LogP contribution in [0, 0.1) is 11.6 Å². The summed E-state index contributed by atoms with van der Waals surface area (Å²) in [5.74, 6) is -1.20. The van der Waals surface area contributed by atoms with E-state index in [4.69, 9.17) is 5.73 Å². The lowest BCUT2D eigenvalue weighted by Gasteiger charge is -2.09. The molecule has 1 aliphatic rings. The number of imidazole rings is 1. The Hall–Kier alpha value is -2.17. The Morgan fingerprint density at radius 1 is 1.22 bits per heavy atom. The van der Waals surface area contributed by atoms with E-state index in [0.717, 1.165) is 30.5 Å². The number of nitrogens with zero attached hydrogens (tertiary/aromatic N) is 1. The van der Waals surface area contributed by atoms with E-state index in [1.807, 2.05) is 12.2 Å². The zero-order chi connectivity index (χ0) is 12.7. The molecule has 0 fully saturated rings. The van der Waals surface area contributed by atoms with Gasteiger partial charge in [0.05, 0.1) is 11.0 Å². The van der Waals surface area contributed by atoms with Crippen LogP contribution < -0.4 is 5.73 Å². The molecule has 0 radical (unpaired) electrons. The van der Waals surface area contributed by atoms with Gasteiger partial charge in [0.25, 0.3) is 0 Å². The summed E-state index contributed by atoms with van der Waals surface area (Å²) in [4.78, 5) is 7.23. The lowest BCUT2D eigenvalue weighted by molar-refractivity contribution is 0.510. The second-order valence-electron chi connectivity index (χ2n) is 4.24. The number of nitrogens with two attached hydrogens (primary N) is 1. The lowest BCUT2D eigenvalue weighted by atomic mass is 10.0. The van der Waals surface area contributed by atoms with Gasteiger partial charge in [-0.1, -0.05) is 6.08 Å². The van der Waals surface area contributed by atoms with Gasteiger partial charge in [0, 0.05) is 23.4 Å². The van der Waals surface area contributed by atoms with Gasteiger partial charge in [-0.05, 0) is 18.9 Å². The number of H-pyrrole nitrogens is 1. The van der Waals surface area contributed by atoms with Crippen molar-refractivity contribution in [2.75, 3.05) is 0 Å². The predicted molar refractivity (Wildman–Crippen MR) is 65.5 cm³/mol. The van der Waals surface area contributed by atoms with Crippen molar-refractivity contribution in [1.29, 1.82) is 0 Å². The van der Waals surface area contributed by atoms with Crippen LogP contribution in [0.3, 0.4) is 0 Å². The van der Waals surface area contributed by atoms with Crippen LogP contribution in [-0.4, -0.2) is 9.97 Å². The van der Waals surface area contributed by atoms with Crippen LogP contribution in [-0.2, 0) is 0 Å². The molecule has 1 heterocycles. The molecule has 5 heteroatoms. The maximum atomic E-state index is 13.1. The molecule has 0 unspecified atom stereocenters. The second-order valence-corrected chi connectivity index (χ2v) is 4.24. The van der Waals surface area contributed by atoms with Gasteiger partial charge in [0.2, 0.25) is 0 Å². The van der Waals surface area contributed by atoms with Gasteiger partial charge < -0.3 is 10.7 Å². The number of hydrogen-bond acceptors (Lipinski definition) is 2. The molecule has 1 aromatic carbocycles. The monoisotopic (exact) mass is 247 g/mol. The summed E-state index contributed by atoms with van der Waals surface area (Å²) in [6.07, 6.45) is 5.47. The number of allylic oxidation sites excluding steroid dienone is 3. The van der Waals surface area contributed by atoms with Crippen LogP contribution in [0.2, 0.25) is 0 Å². The Kier molecular flexibility index (Phi) is 2.40. The molecular weight excluding hydrogens is 236 g/mol. The van der Waals surface area contributed by atoms with E-state index in [-0.39, 0.29) is 0 Å². The number of benzene rings is 1. The number of rotatable bonds is 1. The SMILES string of the molecule is NC1=C(c2nc3cc(F)c(F)cc3[nH]2)CCC=C1. The highest BCUT2D eigenvalue weighted by Gasteiger charge is 2.14. The highest BCUT2D eigenvalue weighted by molar-refractivity contribution is 5.80. The van der Waals surface area contributed by atoms with E-state index in [9.17, 15) is 8.78 Å². The average molecular weight is 247 g/mol. The van der Waals surface area contributed by atoms with E-state index < -0.39 is 11.6 Å². The average Bonchev–Trinajstić information content (AvgIpc) is 2.73. The van der Waals surface area contributed by atoms with E-state index in [1.165, 1.54) is 0 Å². The molecule has 0 saturated heterocycles. The molecule has 0 bridgehead atoms. The summed E-state index contributed by atoms with van der Waals surface area (Å²) in [6, 6.07) is 2.19. The molecule has 3 rings (SSSR count). The lowest BCUT2D eigenvalue weighted by Crippen LogP contribution is -2.03. The molecule has 92 valence electrons. The predicted octanol–water partition coefficient (Wildman–Crippen LogP) is 2.86. The van der Waals surface area contributed by atoms with Crippen molar-refractivity contribution < 1.29 is 8.78 Å². The minimum absolute atomic E-state index is 0.402. The zero-order valence-electron chi connectivity index (χ0n) is 9.50. The Morgan fingerprint density at radius 2 is 2.00 bits per heavy atom. The van der Waals surface area contributed by atoms with Crippen molar-refractivity contribution in [3.05, 3.63) is 47.4 Å². The summed E-state index contributed by atoms with van der Waals surface area (Å²) in [5.41, 5.74) is 8.27. The summed E-state index contributed by atoms with van der Waals surface area (Å²) in [5, 5.41) is 0. The van der Waals surface area contributed by atoms with Crippen molar-refractivity contribution in [1.82, 2.24) is 9.97 Å². The van der Waals surface area contributed by atoms with Crippen LogP contribution in [0.4, 0.5) is 8.78 Å². The molecule has 1 aliphatic carbocycles. The first-order chi connectivity index (χ1) is 8.65. The van der Waals surface area contributed by atoms with Gasteiger partial charge in [-0.25, -0.2) is 13.8 Å². The van der Waals surface area contributed by atoms with Crippen LogP contribution in [0.15, 0.2) is 30.0 Å². The van der Waals surface area contributed by atoms with Gasteiger partial charge in [-0.2, -0.15) is 0 Å². The zero-order valence-corrected chi connectivity index (χ0v) is 9.50. The maximum Gasteiger partial charge on any atom is 0.161 e. The number of fused-ring (bicyclic) bond motifs is 1. The highest BCUT2D eigenvalue weighted by atomic mass is 19.2. The molecular formula is C13H11F2N3. The van der Waals surface area contributed by atoms with Crippen LogP contribution in [0.1, 0.15) is 18.7 Å². The Morgan fingerprint density at radius 3 is 2.78 bits per heavy atom. The minimum Gasteiger partial charge on any atom is -0.398 e. The molecule has 18 heavy (non-hydrogen) atoms. The van der Waals surface area contributed by atoms with E-state index in [0.29, 0.717) is 22.6 Å². The third kappa shape index (κ3) is 1.68. The molecule has 0 aliphatic heterocycles. The van der Waals surface area contributed by atoms with E-state index in [1.54, 1.807) is 0 Å². The Bertz CT molecular complexity index is 644. The molecule has 1 aromatic heterocycles. The summed E-state index contributed by atoms with van der Waals surface area (Å²) >= 11 is 0. The summed E-state index contributed by atoms with van der Waals surface area (Å²) < 4.78 is 26.2. The largest absolute Gasteiger partial charge is 0.398 e. The first kappa shape index (κ1) is 11.0. The van der Waals surface area contributed by atoms with Gasteiger partial charge in [0.1, 0.15) is 5.82 Å². The fraction of sp³-hybridized carbons (Fsp3) is 0.154. The smallest absolute Gasteiger partial charge is 0.161 e. The molecule has 0 spiro atoms. The summed E-state index contributed by atoms with van der Waals surface area (Å²) in [6.45, 7) is 0. The fourth-order valence-corrected chi connectivity index (χ4v) is 2.09. The number of aromatic nitrogens is 2. The molecule has 0 atom stereocenters. The molecule has 0 amide bonds. The fourth-order valence-electron chi connectivity index (χ4n) is 2.09. The number of hydrogen-bond donors (Lipinski definition) is 2. The first-order valence-electron chi connectivity index (χ1n) is 5.65. The standard InChI is InChI=1S/C13H11F2N3/c14-8-5-11-12(6-9(8)15)18-13(17-11)7-3-1-2-4-10(7)16/h2,4-6H,1,3,16H2,(H,17,18). The topological polar surface area (TPSA) is 54.7 Å². The third-order valence-corrected chi connectivity index (χ3v) is 3.02. The summed E-state index contributed by atoms with van der Waals surface area (Å²) in [7, 11) is 0. The number of aromatic amines is 1. The van der Waals surface area contributed by atoms with Crippen molar-refractivity contribution >= 4 is 16.6 Å². The van der Waals surface area contributed by atoms with Crippen LogP contribution >= 0.6 is 0 Å². The van der Waals surface area contributed by atoms with Crippen molar-refractivity contribution in [2.24, 2.45) is 5.73 Å². The van der Waals surface area contributed by atoms with Crippen molar-refractivity contribution in [2.45, 2.75) is 12.8 Å². The van der Waals surface area contributed by atoms with Crippen LogP contribution in [0.5, 0.6) is 0 Å². The maximum absolute atomic E-state index is 13.1. The van der Waals surface area contributed by atoms with Gasteiger partial charge in [-0.15, -0.1) is 0 Å². The van der Waals surface area contributed by atoms with Crippen molar-refractivity contribution in [3.63, 3.8) is 0 Å². The molecule has 3 nitrogen and oxygen atoms in total. The second kappa shape index (κ2) is 3.94. The van der Waals surface area contributed by atoms with E-state index in [2.05, 4.69) is 9.97 Å². The van der Waals surface area contributed by atoms with Gasteiger partial charge in [-0.3, -0.25) is 0 Å². The van der Waals surface area contributed by atoms with Crippen molar-refractivity contribution in [3.8, 4) is 0 Å². The molecule has 3 N–H and O–H groups in total. The number of nitrogens with one attached hydrogen (secondary N) is 1. The number of halogens is 2. The molecule has 2 aromatic rings. The minimum atomic E-state index is -0.897. The third-order valence-electron chi connectivity index (χ3n) is 3.02. The molecule has 0 saturated carbocycles. The normalized spacial score (nSPS) is 15.7. The quantitative estimate of drug-likeness (QED) is 0.814. The van der Waals surface area contributed by atoms with E-state index >= 15 is 0 Å². The van der Waals surface area contributed by atoms with Gasteiger partial charge in [0.15, 0.2) is 11.6 Å². The van der Waals surface area contributed by atoms with Crippen LogP contribution in [0.25, 0.3) is 16.6 Å². The Balaban J connectivity index is 2.17.